The van der Waals surface area contributed by atoms with Crippen molar-refractivity contribution in [2.75, 3.05) is 21.0 Å². The Morgan fingerprint density at radius 3 is 2.58 bits per heavy atom. The molecule has 1 N–H and O–H groups in total. The van der Waals surface area contributed by atoms with E-state index in [0.29, 0.717) is 6.79 Å². The molecule has 0 fully saturated rings. The van der Waals surface area contributed by atoms with E-state index in [-0.39, 0.29) is 5.48 Å². The Balaban J connectivity index is 0.00000168. The normalized spacial score (nSPS) is 13.6. The summed E-state index contributed by atoms with van der Waals surface area (Å²) in [6.45, 7) is 1.21. The lowest BCUT2D eigenvalue weighted by Crippen LogP contribution is -2.40. The van der Waals surface area contributed by atoms with E-state index in [0.717, 1.165) is 46.7 Å². The number of benzene rings is 2. The lowest BCUT2D eigenvalue weighted by atomic mass is 9.95. The molecule has 1 aromatic heterocycles. The molecule has 0 aliphatic carbocycles. The van der Waals surface area contributed by atoms with Crippen molar-refractivity contribution in [2.45, 2.75) is 13.0 Å². The number of hydrogen-bond acceptors (Lipinski definition) is 5. The molecule has 2 aromatic carbocycles. The van der Waals surface area contributed by atoms with Gasteiger partial charge >= 0.3 is 0 Å². The van der Waals surface area contributed by atoms with Crippen LogP contribution in [0.3, 0.4) is 0 Å². The first-order valence-electron chi connectivity index (χ1n) is 8.29. The zero-order valence-electron chi connectivity index (χ0n) is 14.6. The smallest absolute Gasteiger partial charge is 0.231 e. The van der Waals surface area contributed by atoms with E-state index in [1.807, 2.05) is 6.07 Å². The average molecular weight is 353 g/mol. The largest absolute Gasteiger partial charge is 0.870 e. The monoisotopic (exact) mass is 353 g/mol. The summed E-state index contributed by atoms with van der Waals surface area (Å²) in [7, 11) is 3.34. The second kappa shape index (κ2) is 6.07. The minimum atomic E-state index is 0. The van der Waals surface area contributed by atoms with Crippen molar-refractivity contribution in [3.05, 3.63) is 42.1 Å². The van der Waals surface area contributed by atoms with E-state index < -0.39 is 0 Å². The Labute approximate surface area is 150 Å². The highest BCUT2D eigenvalue weighted by atomic mass is 16.7. The van der Waals surface area contributed by atoms with Crippen molar-refractivity contribution in [2.24, 2.45) is 0 Å². The van der Waals surface area contributed by atoms with Gasteiger partial charge in [-0.15, -0.1) is 0 Å². The first kappa shape index (κ1) is 16.5. The standard InChI is InChI=1S/C20H18NO4.H2O/c1-22-17-4-3-12-7-16-14-9-19-18(24-11-25-19)8-13(14)5-6-21(16)10-15(12)20(17)23-2;/h3-4,7-10H,5-6,11H2,1-2H3;1H2/q+1;/p-1. The van der Waals surface area contributed by atoms with Crippen LogP contribution in [0.5, 0.6) is 23.0 Å². The predicted molar refractivity (Wildman–Crippen MR) is 94.4 cm³/mol. The molecule has 2 aliphatic rings. The van der Waals surface area contributed by atoms with Crippen LogP contribution >= 0.6 is 0 Å². The fourth-order valence-corrected chi connectivity index (χ4v) is 3.77. The number of pyridine rings is 1. The SMILES string of the molecule is COc1ccc2cc3[n+](cc2c1OC)CCc1cc2c(cc1-3)OCO2.[OH-]. The van der Waals surface area contributed by atoms with Gasteiger partial charge in [-0.25, -0.2) is 0 Å². The van der Waals surface area contributed by atoms with Crippen molar-refractivity contribution in [3.63, 3.8) is 0 Å². The number of aromatic nitrogens is 1. The number of fused-ring (bicyclic) bond motifs is 5. The third-order valence-electron chi connectivity index (χ3n) is 5.00. The van der Waals surface area contributed by atoms with Gasteiger partial charge in [0.2, 0.25) is 12.5 Å². The molecule has 0 bridgehead atoms. The number of methoxy groups -OCH3 is 2. The van der Waals surface area contributed by atoms with Gasteiger partial charge in [0.15, 0.2) is 35.7 Å². The Kier molecular flexibility index (Phi) is 3.85. The van der Waals surface area contributed by atoms with Gasteiger partial charge in [-0.2, -0.15) is 4.57 Å². The predicted octanol–water partition coefficient (Wildman–Crippen LogP) is 2.92. The Morgan fingerprint density at radius 2 is 1.81 bits per heavy atom. The van der Waals surface area contributed by atoms with Gasteiger partial charge in [-0.05, 0) is 35.2 Å². The zero-order valence-corrected chi connectivity index (χ0v) is 14.6. The van der Waals surface area contributed by atoms with Crippen LogP contribution in [0.2, 0.25) is 0 Å². The van der Waals surface area contributed by atoms with Crippen molar-refractivity contribution in [1.82, 2.24) is 0 Å². The molecule has 2 aliphatic heterocycles. The maximum absolute atomic E-state index is 5.60. The van der Waals surface area contributed by atoms with Crippen LogP contribution in [0.25, 0.3) is 22.0 Å². The maximum atomic E-state index is 5.60. The van der Waals surface area contributed by atoms with Crippen LogP contribution in [0.15, 0.2) is 36.5 Å². The molecule has 6 heteroatoms. The minimum absolute atomic E-state index is 0. The van der Waals surface area contributed by atoms with Gasteiger partial charge in [0.1, 0.15) is 0 Å². The zero-order chi connectivity index (χ0) is 17.0. The molecule has 0 atom stereocenters. The van der Waals surface area contributed by atoms with E-state index in [4.69, 9.17) is 18.9 Å². The Morgan fingerprint density at radius 1 is 1.00 bits per heavy atom. The first-order valence-corrected chi connectivity index (χ1v) is 8.29. The lowest BCUT2D eigenvalue weighted by Gasteiger charge is -2.17. The molecule has 0 saturated heterocycles. The molecular formula is C20H19NO5. The lowest BCUT2D eigenvalue weighted by molar-refractivity contribution is -0.686. The van der Waals surface area contributed by atoms with E-state index in [1.54, 1.807) is 14.2 Å². The molecule has 0 amide bonds. The van der Waals surface area contributed by atoms with Crippen LogP contribution in [-0.2, 0) is 13.0 Å². The summed E-state index contributed by atoms with van der Waals surface area (Å²) in [4.78, 5) is 0. The van der Waals surface area contributed by atoms with Crippen molar-refractivity contribution < 1.29 is 29.0 Å². The van der Waals surface area contributed by atoms with Crippen LogP contribution in [0.4, 0.5) is 0 Å². The summed E-state index contributed by atoms with van der Waals surface area (Å²) in [6.07, 6.45) is 3.11. The number of aryl methyl sites for hydroxylation is 2. The molecular weight excluding hydrogens is 334 g/mol. The first-order chi connectivity index (χ1) is 12.3. The molecule has 134 valence electrons. The highest BCUT2D eigenvalue weighted by molar-refractivity contribution is 5.91. The van der Waals surface area contributed by atoms with Gasteiger partial charge in [-0.3, -0.25) is 0 Å². The summed E-state index contributed by atoms with van der Waals surface area (Å²) in [5.74, 6) is 3.18. The molecule has 26 heavy (non-hydrogen) atoms. The van der Waals surface area contributed by atoms with Crippen molar-refractivity contribution in [1.29, 1.82) is 0 Å². The molecule has 5 rings (SSSR count). The van der Waals surface area contributed by atoms with Crippen molar-refractivity contribution in [3.8, 4) is 34.3 Å². The number of ether oxygens (including phenoxy) is 4. The third-order valence-corrected chi connectivity index (χ3v) is 5.00. The molecule has 0 spiro atoms. The van der Waals surface area contributed by atoms with Gasteiger partial charge in [0.05, 0.1) is 25.2 Å². The fourth-order valence-electron chi connectivity index (χ4n) is 3.77. The number of hydrogen-bond donors (Lipinski definition) is 0. The Bertz CT molecular complexity index is 1010. The van der Waals surface area contributed by atoms with Gasteiger partial charge in [0.25, 0.3) is 0 Å². The summed E-state index contributed by atoms with van der Waals surface area (Å²) in [5.41, 5.74) is 3.68. The second-order valence-corrected chi connectivity index (χ2v) is 6.27. The highest BCUT2D eigenvalue weighted by Crippen LogP contribution is 2.41. The van der Waals surface area contributed by atoms with E-state index in [2.05, 4.69) is 35.0 Å². The third kappa shape index (κ3) is 2.26. The molecule has 0 unspecified atom stereocenters. The van der Waals surface area contributed by atoms with Gasteiger partial charge in [-0.1, -0.05) is 0 Å². The molecule has 6 nitrogen and oxygen atoms in total. The van der Waals surface area contributed by atoms with Crippen molar-refractivity contribution >= 4 is 10.8 Å². The number of rotatable bonds is 2. The van der Waals surface area contributed by atoms with E-state index in [1.165, 1.54) is 16.8 Å². The topological polar surface area (TPSA) is 70.8 Å². The Hall–Kier alpha value is -2.99. The molecule has 0 saturated carbocycles. The van der Waals surface area contributed by atoms with Crippen LogP contribution < -0.4 is 23.5 Å². The van der Waals surface area contributed by atoms with Crippen LogP contribution in [0, 0.1) is 0 Å². The fraction of sp³-hybridized carbons (Fsp3) is 0.250. The van der Waals surface area contributed by atoms with Crippen LogP contribution in [-0.4, -0.2) is 26.5 Å². The second-order valence-electron chi connectivity index (χ2n) is 6.27. The average Bonchev–Trinajstić information content (AvgIpc) is 3.11. The van der Waals surface area contributed by atoms with Gasteiger partial charge in [0, 0.05) is 12.5 Å². The summed E-state index contributed by atoms with van der Waals surface area (Å²) in [6, 6.07) is 10.4. The molecule has 3 heterocycles. The summed E-state index contributed by atoms with van der Waals surface area (Å²) < 4.78 is 24.4. The molecule has 0 radical (unpaired) electrons. The number of nitrogens with zero attached hydrogens (tertiary/aromatic N) is 1. The maximum Gasteiger partial charge on any atom is 0.231 e. The highest BCUT2D eigenvalue weighted by Gasteiger charge is 2.28. The van der Waals surface area contributed by atoms with E-state index in [9.17, 15) is 0 Å². The van der Waals surface area contributed by atoms with Gasteiger partial charge < -0.3 is 24.4 Å². The summed E-state index contributed by atoms with van der Waals surface area (Å²) >= 11 is 0. The molecule has 3 aromatic rings. The van der Waals surface area contributed by atoms with E-state index >= 15 is 0 Å². The summed E-state index contributed by atoms with van der Waals surface area (Å²) in [5, 5.41) is 2.17. The minimum Gasteiger partial charge on any atom is -0.870 e. The van der Waals surface area contributed by atoms with Crippen LogP contribution in [0.1, 0.15) is 5.56 Å². The quantitative estimate of drug-likeness (QED) is 0.663.